The summed E-state index contributed by atoms with van der Waals surface area (Å²) in [5.74, 6) is 7.48. The van der Waals surface area contributed by atoms with Crippen LogP contribution in [0.5, 0.6) is 5.75 Å². The van der Waals surface area contributed by atoms with Gasteiger partial charge in [-0.3, -0.25) is 11.3 Å². The van der Waals surface area contributed by atoms with Crippen molar-refractivity contribution >= 4 is 0 Å². The normalized spacial score (nSPS) is 12.6. The molecule has 0 saturated carbocycles. The molecule has 21 heavy (non-hydrogen) atoms. The molecule has 1 aromatic heterocycles. The summed E-state index contributed by atoms with van der Waals surface area (Å²) in [7, 11) is 0. The van der Waals surface area contributed by atoms with Gasteiger partial charge in [-0.25, -0.2) is 9.67 Å². The molecule has 1 atom stereocenters. The van der Waals surface area contributed by atoms with Crippen molar-refractivity contribution in [1.82, 2.24) is 20.2 Å². The summed E-state index contributed by atoms with van der Waals surface area (Å²) in [5, 5.41) is 4.26. The lowest BCUT2D eigenvalue weighted by Crippen LogP contribution is -2.30. The molecule has 0 fully saturated rings. The Morgan fingerprint density at radius 1 is 1.38 bits per heavy atom. The number of nitrogens with two attached hydrogens (primary N) is 1. The van der Waals surface area contributed by atoms with E-state index < -0.39 is 0 Å². The van der Waals surface area contributed by atoms with Crippen molar-refractivity contribution in [3.05, 3.63) is 42.0 Å². The van der Waals surface area contributed by atoms with E-state index in [-0.39, 0.29) is 12.1 Å². The summed E-state index contributed by atoms with van der Waals surface area (Å²) in [4.78, 5) is 4.33. The fourth-order valence-corrected chi connectivity index (χ4v) is 2.29. The van der Waals surface area contributed by atoms with E-state index in [1.807, 2.05) is 35.9 Å². The Balaban J connectivity index is 2.19. The highest BCUT2D eigenvalue weighted by Crippen LogP contribution is 2.22. The quantitative estimate of drug-likeness (QED) is 0.602. The van der Waals surface area contributed by atoms with Gasteiger partial charge in [0, 0.05) is 12.5 Å². The van der Waals surface area contributed by atoms with E-state index in [0.29, 0.717) is 13.0 Å². The molecule has 1 aromatic carbocycles. The Hall–Kier alpha value is -1.92. The molecule has 3 N–H and O–H groups in total. The lowest BCUT2D eigenvalue weighted by Gasteiger charge is -2.18. The van der Waals surface area contributed by atoms with E-state index in [4.69, 9.17) is 10.6 Å². The lowest BCUT2D eigenvalue weighted by molar-refractivity contribution is 0.339. The summed E-state index contributed by atoms with van der Waals surface area (Å²) >= 11 is 0. The average molecular weight is 289 g/mol. The van der Waals surface area contributed by atoms with E-state index in [1.54, 1.807) is 6.33 Å². The van der Waals surface area contributed by atoms with Crippen LogP contribution >= 0.6 is 0 Å². The summed E-state index contributed by atoms with van der Waals surface area (Å²) in [5.41, 5.74) is 3.93. The van der Waals surface area contributed by atoms with E-state index in [1.165, 1.54) is 0 Å². The molecule has 0 saturated heterocycles. The van der Waals surface area contributed by atoms with Crippen LogP contribution in [-0.4, -0.2) is 21.4 Å². The van der Waals surface area contributed by atoms with Gasteiger partial charge in [0.05, 0.1) is 12.6 Å². The first-order valence-corrected chi connectivity index (χ1v) is 7.23. The van der Waals surface area contributed by atoms with Crippen LogP contribution in [0.2, 0.25) is 0 Å². The second-order valence-corrected chi connectivity index (χ2v) is 5.14. The summed E-state index contributed by atoms with van der Waals surface area (Å²) in [6.07, 6.45) is 2.25. The van der Waals surface area contributed by atoms with Gasteiger partial charge < -0.3 is 4.74 Å². The van der Waals surface area contributed by atoms with Gasteiger partial charge in [0.15, 0.2) is 0 Å². The Kier molecular flexibility index (Phi) is 5.30. The van der Waals surface area contributed by atoms with Crippen LogP contribution in [0.3, 0.4) is 0 Å². The van der Waals surface area contributed by atoms with E-state index in [2.05, 4.69) is 29.4 Å². The summed E-state index contributed by atoms with van der Waals surface area (Å²) < 4.78 is 7.45. The Morgan fingerprint density at radius 2 is 2.19 bits per heavy atom. The molecule has 2 rings (SSSR count). The number of rotatable bonds is 7. The third-order valence-electron chi connectivity index (χ3n) is 3.30. The number of nitrogens with one attached hydrogen (secondary N) is 1. The highest BCUT2D eigenvalue weighted by atomic mass is 16.5. The van der Waals surface area contributed by atoms with Crippen molar-refractivity contribution in [3.63, 3.8) is 0 Å². The highest BCUT2D eigenvalue weighted by Gasteiger charge is 2.16. The molecular weight excluding hydrogens is 266 g/mol. The maximum Gasteiger partial charge on any atom is 0.138 e. The van der Waals surface area contributed by atoms with Gasteiger partial charge in [-0.1, -0.05) is 12.1 Å². The largest absolute Gasteiger partial charge is 0.494 e. The maximum absolute atomic E-state index is 5.72. The van der Waals surface area contributed by atoms with Gasteiger partial charge in [-0.05, 0) is 38.5 Å². The third kappa shape index (κ3) is 3.80. The number of nitrogens with zero attached hydrogens (tertiary/aromatic N) is 3. The molecule has 0 spiro atoms. The van der Waals surface area contributed by atoms with Crippen LogP contribution in [-0.2, 0) is 6.42 Å². The maximum atomic E-state index is 5.72. The smallest absolute Gasteiger partial charge is 0.138 e. The average Bonchev–Trinajstić information content (AvgIpc) is 2.94. The summed E-state index contributed by atoms with van der Waals surface area (Å²) in [6.45, 7) is 6.78. The van der Waals surface area contributed by atoms with E-state index >= 15 is 0 Å². The topological polar surface area (TPSA) is 78.0 Å². The molecule has 1 unspecified atom stereocenters. The fraction of sp³-hybridized carbons (Fsp3) is 0.467. The van der Waals surface area contributed by atoms with Crippen molar-refractivity contribution in [2.75, 3.05) is 6.61 Å². The van der Waals surface area contributed by atoms with Gasteiger partial charge in [0.1, 0.15) is 17.9 Å². The first-order chi connectivity index (χ1) is 10.2. The van der Waals surface area contributed by atoms with Gasteiger partial charge in [-0.15, -0.1) is 0 Å². The molecule has 114 valence electrons. The standard InChI is InChI=1S/C15H23N5O/c1-4-21-13-7-5-6-12(8-13)14(19-16)9-15-17-10-18-20(15)11(2)3/h5-8,10-11,14,19H,4,9,16H2,1-3H3. The van der Waals surface area contributed by atoms with Crippen LogP contribution in [0.1, 0.15) is 44.2 Å². The minimum atomic E-state index is -0.0351. The third-order valence-corrected chi connectivity index (χ3v) is 3.30. The molecule has 1 heterocycles. The predicted molar refractivity (Wildman–Crippen MR) is 81.8 cm³/mol. The second kappa shape index (κ2) is 7.19. The zero-order valence-electron chi connectivity index (χ0n) is 12.8. The predicted octanol–water partition coefficient (Wildman–Crippen LogP) is 2.00. The molecular formula is C15H23N5O. The minimum absolute atomic E-state index is 0.0351. The van der Waals surface area contributed by atoms with Crippen molar-refractivity contribution in [2.24, 2.45) is 5.84 Å². The van der Waals surface area contributed by atoms with Gasteiger partial charge in [0.2, 0.25) is 0 Å². The van der Waals surface area contributed by atoms with E-state index in [0.717, 1.165) is 17.1 Å². The Bertz CT molecular complexity index is 567. The Labute approximate surface area is 125 Å². The van der Waals surface area contributed by atoms with Gasteiger partial charge in [-0.2, -0.15) is 5.10 Å². The minimum Gasteiger partial charge on any atom is -0.494 e. The van der Waals surface area contributed by atoms with Crippen LogP contribution in [0.15, 0.2) is 30.6 Å². The molecule has 0 bridgehead atoms. The first kappa shape index (κ1) is 15.5. The van der Waals surface area contributed by atoms with Crippen molar-refractivity contribution < 1.29 is 4.74 Å². The molecule has 6 heteroatoms. The lowest BCUT2D eigenvalue weighted by atomic mass is 10.0. The van der Waals surface area contributed by atoms with Gasteiger partial charge >= 0.3 is 0 Å². The molecule has 0 aliphatic carbocycles. The first-order valence-electron chi connectivity index (χ1n) is 7.23. The SMILES string of the molecule is CCOc1cccc(C(Cc2ncnn2C(C)C)NN)c1. The molecule has 0 aliphatic rings. The molecule has 0 amide bonds. The van der Waals surface area contributed by atoms with Crippen LogP contribution in [0.4, 0.5) is 0 Å². The summed E-state index contributed by atoms with van der Waals surface area (Å²) in [6, 6.07) is 8.19. The number of aromatic nitrogens is 3. The van der Waals surface area contributed by atoms with Crippen LogP contribution < -0.4 is 16.0 Å². The zero-order chi connectivity index (χ0) is 15.2. The van der Waals surface area contributed by atoms with Crippen molar-refractivity contribution in [3.8, 4) is 5.75 Å². The number of hydrogen-bond acceptors (Lipinski definition) is 5. The highest BCUT2D eigenvalue weighted by molar-refractivity contribution is 5.31. The van der Waals surface area contributed by atoms with Crippen molar-refractivity contribution in [1.29, 1.82) is 0 Å². The zero-order valence-corrected chi connectivity index (χ0v) is 12.8. The number of benzene rings is 1. The fourth-order valence-electron chi connectivity index (χ4n) is 2.29. The van der Waals surface area contributed by atoms with Crippen LogP contribution in [0, 0.1) is 0 Å². The van der Waals surface area contributed by atoms with E-state index in [9.17, 15) is 0 Å². The van der Waals surface area contributed by atoms with Crippen molar-refractivity contribution in [2.45, 2.75) is 39.3 Å². The van der Waals surface area contributed by atoms with Crippen LogP contribution in [0.25, 0.3) is 0 Å². The molecule has 0 radical (unpaired) electrons. The molecule has 2 aromatic rings. The Morgan fingerprint density at radius 3 is 2.86 bits per heavy atom. The number of hydrazine groups is 1. The molecule has 0 aliphatic heterocycles. The number of ether oxygens (including phenoxy) is 1. The molecule has 6 nitrogen and oxygen atoms in total. The monoisotopic (exact) mass is 289 g/mol. The second-order valence-electron chi connectivity index (χ2n) is 5.14. The number of hydrogen-bond donors (Lipinski definition) is 2. The van der Waals surface area contributed by atoms with Gasteiger partial charge in [0.25, 0.3) is 0 Å².